The van der Waals surface area contributed by atoms with Gasteiger partial charge in [-0.3, -0.25) is 14.4 Å². The number of hydrogen-bond acceptors (Lipinski definition) is 8. The van der Waals surface area contributed by atoms with Gasteiger partial charge in [-0.25, -0.2) is 4.79 Å². The molecular formula is C42H55NO8. The van der Waals surface area contributed by atoms with Gasteiger partial charge in [-0.05, 0) is 94.7 Å². The van der Waals surface area contributed by atoms with Crippen molar-refractivity contribution in [3.05, 3.63) is 63.5 Å². The van der Waals surface area contributed by atoms with Crippen molar-refractivity contribution in [1.29, 1.82) is 0 Å². The number of esters is 1. The first kappa shape index (κ1) is 38.1. The van der Waals surface area contributed by atoms with Crippen LogP contribution in [-0.4, -0.2) is 36.9 Å². The van der Waals surface area contributed by atoms with Gasteiger partial charge in [0.05, 0.1) is 12.5 Å². The second kappa shape index (κ2) is 15.2. The Balaban J connectivity index is 1.32. The molecule has 2 heterocycles. The molecule has 5 rings (SSSR count). The van der Waals surface area contributed by atoms with E-state index in [1.54, 1.807) is 18.2 Å². The second-order valence-electron chi connectivity index (χ2n) is 16.3. The van der Waals surface area contributed by atoms with Crippen LogP contribution in [0.15, 0.2) is 45.6 Å². The van der Waals surface area contributed by atoms with Crippen molar-refractivity contribution < 1.29 is 33.0 Å². The van der Waals surface area contributed by atoms with Gasteiger partial charge in [-0.15, -0.1) is 0 Å². The number of carbonyl (C=O) groups is 3. The summed E-state index contributed by atoms with van der Waals surface area (Å²) in [5.74, 6) is 1.06. The number of fused-ring (bicyclic) bond motifs is 4. The third-order valence-electron chi connectivity index (χ3n) is 11.1. The zero-order chi connectivity index (χ0) is 37.1. The molecule has 2 aliphatic rings. The average Bonchev–Trinajstić information content (AvgIpc) is 3.07. The SMILES string of the molecule is CCCCCCC(C)(C)c1cc(OC(=O)C(C)(C)CCCNC(=O)c2cc3ccc(OC)cc3oc2=O)c2c(c1)OC(C)(C)[C@H]1CCC(=O)C[C@@H]21. The monoisotopic (exact) mass is 701 g/mol. The molecule has 1 N–H and O–H groups in total. The summed E-state index contributed by atoms with van der Waals surface area (Å²) in [5, 5.41) is 3.40. The van der Waals surface area contributed by atoms with Crippen LogP contribution < -0.4 is 25.2 Å². The highest BCUT2D eigenvalue weighted by Crippen LogP contribution is 2.55. The molecule has 1 aromatic heterocycles. The number of nitrogens with one attached hydrogen (secondary N) is 1. The Labute approximate surface area is 301 Å². The van der Waals surface area contributed by atoms with Crippen molar-refractivity contribution >= 4 is 28.6 Å². The lowest BCUT2D eigenvalue weighted by molar-refractivity contribution is -0.144. The fraction of sp³-hybridized carbons (Fsp3) is 0.571. The molecule has 51 heavy (non-hydrogen) atoms. The summed E-state index contributed by atoms with van der Waals surface area (Å²) in [5.41, 5.74) is -0.152. The van der Waals surface area contributed by atoms with Crippen LogP contribution in [-0.2, 0) is 15.0 Å². The van der Waals surface area contributed by atoms with Gasteiger partial charge < -0.3 is 23.9 Å². The summed E-state index contributed by atoms with van der Waals surface area (Å²) in [7, 11) is 1.52. The van der Waals surface area contributed by atoms with Crippen LogP contribution in [0.25, 0.3) is 11.0 Å². The number of amides is 1. The molecule has 0 unspecified atom stereocenters. The molecule has 0 saturated heterocycles. The van der Waals surface area contributed by atoms with Crippen LogP contribution in [0.3, 0.4) is 0 Å². The fourth-order valence-electron chi connectivity index (χ4n) is 7.71. The van der Waals surface area contributed by atoms with Gasteiger partial charge in [0.2, 0.25) is 0 Å². The minimum Gasteiger partial charge on any atom is -0.497 e. The molecule has 9 heteroatoms. The van der Waals surface area contributed by atoms with E-state index in [1.165, 1.54) is 32.4 Å². The number of carbonyl (C=O) groups excluding carboxylic acids is 3. The van der Waals surface area contributed by atoms with Gasteiger partial charge in [0.15, 0.2) is 0 Å². The molecule has 1 aliphatic carbocycles. The minimum absolute atomic E-state index is 0.0887. The summed E-state index contributed by atoms with van der Waals surface area (Å²) >= 11 is 0. The van der Waals surface area contributed by atoms with Crippen molar-refractivity contribution in [3.8, 4) is 17.2 Å². The predicted molar refractivity (Wildman–Crippen MR) is 198 cm³/mol. The maximum Gasteiger partial charge on any atom is 0.349 e. The predicted octanol–water partition coefficient (Wildman–Crippen LogP) is 8.82. The van der Waals surface area contributed by atoms with E-state index in [1.807, 2.05) is 19.9 Å². The largest absolute Gasteiger partial charge is 0.497 e. The number of Topliss-reactive ketones (excluding diaryl/α,β-unsaturated/α-hetero) is 1. The molecule has 9 nitrogen and oxygen atoms in total. The van der Waals surface area contributed by atoms with E-state index in [2.05, 4.69) is 46.0 Å². The first-order valence-electron chi connectivity index (χ1n) is 18.6. The molecule has 1 amide bonds. The Morgan fingerprint density at radius 2 is 1.75 bits per heavy atom. The van der Waals surface area contributed by atoms with E-state index < -0.39 is 22.5 Å². The number of rotatable bonds is 14. The molecule has 1 saturated carbocycles. The van der Waals surface area contributed by atoms with Gasteiger partial charge in [0.1, 0.15) is 39.8 Å². The van der Waals surface area contributed by atoms with Gasteiger partial charge in [0, 0.05) is 48.2 Å². The first-order valence-corrected chi connectivity index (χ1v) is 18.6. The summed E-state index contributed by atoms with van der Waals surface area (Å²) in [6.45, 7) is 14.8. The molecule has 0 bridgehead atoms. The van der Waals surface area contributed by atoms with Crippen molar-refractivity contribution in [1.82, 2.24) is 5.32 Å². The average molecular weight is 702 g/mol. The standard InChI is InChI=1S/C42H55NO8/c1-9-10-11-12-18-40(2,3)27-22-34(36-30-24-28(44)15-17-32(30)42(6,7)51-35(36)23-27)50-39(47)41(4,5)19-13-20-43-37(45)31-21-26-14-16-29(48-8)25-33(26)49-38(31)46/h14,16,21-23,25,30,32H,9-13,15,17-20,24H2,1-8H3,(H,43,45)/t30-,32+/m1/s1. The number of ketones is 1. The third kappa shape index (κ3) is 8.50. The molecular weight excluding hydrogens is 646 g/mol. The summed E-state index contributed by atoms with van der Waals surface area (Å²) in [6, 6.07) is 10.7. The lowest BCUT2D eigenvalue weighted by Gasteiger charge is -2.47. The number of unbranched alkanes of at least 4 members (excludes halogenated alkanes) is 3. The molecule has 1 aliphatic heterocycles. The van der Waals surface area contributed by atoms with Crippen molar-refractivity contribution in [2.45, 2.75) is 130 Å². The molecule has 0 radical (unpaired) electrons. The van der Waals surface area contributed by atoms with E-state index in [0.717, 1.165) is 30.4 Å². The Kier molecular flexibility index (Phi) is 11.4. The first-order chi connectivity index (χ1) is 24.1. The van der Waals surface area contributed by atoms with Crippen LogP contribution in [0.2, 0.25) is 0 Å². The second-order valence-corrected chi connectivity index (χ2v) is 16.3. The minimum atomic E-state index is -0.888. The number of hydrogen-bond donors (Lipinski definition) is 1. The van der Waals surface area contributed by atoms with Crippen LogP contribution in [0.4, 0.5) is 0 Å². The third-order valence-corrected chi connectivity index (χ3v) is 11.1. The lowest BCUT2D eigenvalue weighted by atomic mass is 9.66. The Morgan fingerprint density at radius 1 is 0.980 bits per heavy atom. The van der Waals surface area contributed by atoms with Gasteiger partial charge >= 0.3 is 11.6 Å². The topological polar surface area (TPSA) is 121 Å². The molecule has 0 spiro atoms. The van der Waals surface area contributed by atoms with E-state index in [-0.39, 0.29) is 41.1 Å². The molecule has 276 valence electrons. The van der Waals surface area contributed by atoms with Crippen molar-refractivity contribution in [2.75, 3.05) is 13.7 Å². The van der Waals surface area contributed by atoms with E-state index >= 15 is 0 Å². The number of methoxy groups -OCH3 is 1. The normalized spacial score (nSPS) is 18.4. The highest BCUT2D eigenvalue weighted by Gasteiger charge is 2.48. The molecule has 1 fully saturated rings. The van der Waals surface area contributed by atoms with Crippen LogP contribution >= 0.6 is 0 Å². The van der Waals surface area contributed by atoms with E-state index in [9.17, 15) is 19.2 Å². The molecule has 3 aromatic rings. The Morgan fingerprint density at radius 3 is 2.47 bits per heavy atom. The quantitative estimate of drug-likeness (QED) is 0.0766. The maximum atomic E-state index is 14.0. The molecule has 2 atom stereocenters. The summed E-state index contributed by atoms with van der Waals surface area (Å²) in [6.07, 6.45) is 8.20. The fourth-order valence-corrected chi connectivity index (χ4v) is 7.71. The van der Waals surface area contributed by atoms with Crippen LogP contribution in [0.5, 0.6) is 17.2 Å². The zero-order valence-electron chi connectivity index (χ0n) is 31.7. The summed E-state index contributed by atoms with van der Waals surface area (Å²) in [4.78, 5) is 52.3. The Bertz CT molecular complexity index is 1830. The molecule has 2 aromatic carbocycles. The number of ether oxygens (including phenoxy) is 3. The number of benzene rings is 2. The van der Waals surface area contributed by atoms with Crippen molar-refractivity contribution in [2.24, 2.45) is 11.3 Å². The van der Waals surface area contributed by atoms with Crippen LogP contribution in [0.1, 0.15) is 140 Å². The van der Waals surface area contributed by atoms with E-state index in [0.29, 0.717) is 53.9 Å². The van der Waals surface area contributed by atoms with Crippen molar-refractivity contribution in [3.63, 3.8) is 0 Å². The summed E-state index contributed by atoms with van der Waals surface area (Å²) < 4.78 is 23.6. The maximum absolute atomic E-state index is 14.0. The lowest BCUT2D eigenvalue weighted by Crippen LogP contribution is -2.47. The highest BCUT2D eigenvalue weighted by atomic mass is 16.5. The van der Waals surface area contributed by atoms with Gasteiger partial charge in [0.25, 0.3) is 5.91 Å². The zero-order valence-corrected chi connectivity index (χ0v) is 31.7. The van der Waals surface area contributed by atoms with Crippen LogP contribution in [0, 0.1) is 11.3 Å². The van der Waals surface area contributed by atoms with Gasteiger partial charge in [-0.1, -0.05) is 46.5 Å². The Hall–Kier alpha value is -4.14. The van der Waals surface area contributed by atoms with Gasteiger partial charge in [-0.2, -0.15) is 0 Å². The smallest absolute Gasteiger partial charge is 0.349 e. The van der Waals surface area contributed by atoms with E-state index in [4.69, 9.17) is 18.6 Å². The highest BCUT2D eigenvalue weighted by molar-refractivity contribution is 5.96.